The first kappa shape index (κ1) is 12.2. The lowest BCUT2D eigenvalue weighted by molar-refractivity contribution is 0.432. The molecule has 1 heterocycles. The molecule has 0 unspecified atom stereocenters. The van der Waals surface area contributed by atoms with Crippen LogP contribution in [0.15, 0.2) is 53.1 Å². The van der Waals surface area contributed by atoms with Gasteiger partial charge in [0.25, 0.3) is 5.89 Å². The van der Waals surface area contributed by atoms with E-state index < -0.39 is 0 Å². The molecule has 0 saturated carbocycles. The molecule has 1 aromatic heterocycles. The summed E-state index contributed by atoms with van der Waals surface area (Å²) in [4.78, 5) is 4.39. The van der Waals surface area contributed by atoms with Crippen LogP contribution < -0.4 is 5.73 Å². The number of benzene rings is 2. The first-order valence-corrected chi connectivity index (χ1v) is 6.76. The van der Waals surface area contributed by atoms with Gasteiger partial charge in [-0.25, -0.2) is 0 Å². The highest BCUT2D eigenvalue weighted by atomic mass is 127. The minimum atomic E-state index is 0.497. The zero-order chi connectivity index (χ0) is 13.2. The van der Waals surface area contributed by atoms with Crippen LogP contribution in [-0.4, -0.2) is 10.1 Å². The number of nitrogen functional groups attached to an aromatic ring is 1. The van der Waals surface area contributed by atoms with Crippen molar-refractivity contribution in [1.29, 1.82) is 0 Å². The lowest BCUT2D eigenvalue weighted by atomic mass is 10.2. The maximum absolute atomic E-state index is 5.90. The highest BCUT2D eigenvalue weighted by molar-refractivity contribution is 14.1. The van der Waals surface area contributed by atoms with E-state index in [2.05, 4.69) is 32.7 Å². The molecule has 2 aromatic carbocycles. The molecule has 0 aliphatic carbocycles. The van der Waals surface area contributed by atoms with Gasteiger partial charge in [-0.15, -0.1) is 0 Å². The molecular formula is C14H10IN3O. The molecule has 0 atom stereocenters. The average Bonchev–Trinajstić information content (AvgIpc) is 2.89. The van der Waals surface area contributed by atoms with Gasteiger partial charge in [-0.1, -0.05) is 23.4 Å². The predicted molar refractivity (Wildman–Crippen MR) is 82.3 cm³/mol. The third kappa shape index (κ3) is 2.46. The van der Waals surface area contributed by atoms with Gasteiger partial charge in [0.15, 0.2) is 0 Å². The van der Waals surface area contributed by atoms with Crippen LogP contribution in [0.1, 0.15) is 0 Å². The molecule has 0 aliphatic heterocycles. The molecule has 0 spiro atoms. The standard InChI is InChI=1S/C14H10IN3O/c15-10-5-3-4-9(8-10)14-17-13(18-19-14)11-6-1-2-7-12(11)16/h1-8H,16H2. The maximum Gasteiger partial charge on any atom is 0.258 e. The SMILES string of the molecule is Nc1ccccc1-c1noc(-c2cccc(I)c2)n1. The largest absolute Gasteiger partial charge is 0.398 e. The Morgan fingerprint density at radius 1 is 1.05 bits per heavy atom. The number of rotatable bonds is 2. The van der Waals surface area contributed by atoms with Crippen LogP contribution in [0.3, 0.4) is 0 Å². The molecule has 94 valence electrons. The van der Waals surface area contributed by atoms with Gasteiger partial charge in [-0.2, -0.15) is 4.98 Å². The van der Waals surface area contributed by atoms with E-state index in [1.54, 1.807) is 0 Å². The van der Waals surface area contributed by atoms with Crippen LogP contribution in [0.5, 0.6) is 0 Å². The third-order valence-corrected chi connectivity index (χ3v) is 3.37. The minimum Gasteiger partial charge on any atom is -0.398 e. The second-order valence-corrected chi connectivity index (χ2v) is 5.27. The Kier molecular flexibility index (Phi) is 3.20. The van der Waals surface area contributed by atoms with Crippen molar-refractivity contribution in [3.63, 3.8) is 0 Å². The Balaban J connectivity index is 2.03. The van der Waals surface area contributed by atoms with E-state index >= 15 is 0 Å². The number of hydrogen-bond acceptors (Lipinski definition) is 4. The zero-order valence-electron chi connectivity index (χ0n) is 9.88. The average molecular weight is 363 g/mol. The number of anilines is 1. The van der Waals surface area contributed by atoms with Crippen molar-refractivity contribution in [1.82, 2.24) is 10.1 Å². The summed E-state index contributed by atoms with van der Waals surface area (Å²) in [5, 5.41) is 3.98. The van der Waals surface area contributed by atoms with Gasteiger partial charge < -0.3 is 10.3 Å². The number of hydrogen-bond donors (Lipinski definition) is 1. The molecule has 0 bridgehead atoms. The van der Waals surface area contributed by atoms with Gasteiger partial charge in [0.1, 0.15) is 0 Å². The van der Waals surface area contributed by atoms with E-state index in [-0.39, 0.29) is 0 Å². The summed E-state index contributed by atoms with van der Waals surface area (Å²) in [6.45, 7) is 0. The van der Waals surface area contributed by atoms with Gasteiger partial charge in [-0.3, -0.25) is 0 Å². The summed E-state index contributed by atoms with van der Waals surface area (Å²) in [6.07, 6.45) is 0. The number of nitrogens with zero attached hydrogens (tertiary/aromatic N) is 2. The predicted octanol–water partition coefficient (Wildman–Crippen LogP) is 3.59. The van der Waals surface area contributed by atoms with Crippen molar-refractivity contribution in [3.8, 4) is 22.8 Å². The zero-order valence-corrected chi connectivity index (χ0v) is 12.0. The van der Waals surface area contributed by atoms with E-state index in [9.17, 15) is 0 Å². The number of para-hydroxylation sites is 1. The van der Waals surface area contributed by atoms with E-state index in [1.165, 1.54) is 0 Å². The lowest BCUT2D eigenvalue weighted by Gasteiger charge is -1.98. The van der Waals surface area contributed by atoms with Crippen LogP contribution in [0.2, 0.25) is 0 Å². The third-order valence-electron chi connectivity index (χ3n) is 2.70. The molecule has 5 heteroatoms. The Hall–Kier alpha value is -1.89. The number of aromatic nitrogens is 2. The van der Waals surface area contributed by atoms with E-state index in [0.717, 1.165) is 14.7 Å². The Bertz CT molecular complexity index is 724. The molecule has 0 saturated heterocycles. The van der Waals surface area contributed by atoms with Crippen molar-refractivity contribution < 1.29 is 4.52 Å². The van der Waals surface area contributed by atoms with E-state index in [1.807, 2.05) is 48.5 Å². The Labute approximate surface area is 123 Å². The molecule has 0 fully saturated rings. The summed E-state index contributed by atoms with van der Waals surface area (Å²) < 4.78 is 6.41. The van der Waals surface area contributed by atoms with Gasteiger partial charge in [-0.05, 0) is 52.9 Å². The first-order valence-electron chi connectivity index (χ1n) is 5.68. The van der Waals surface area contributed by atoms with Gasteiger partial charge >= 0.3 is 0 Å². The van der Waals surface area contributed by atoms with Crippen LogP contribution in [0, 0.1) is 3.57 Å². The van der Waals surface area contributed by atoms with E-state index in [4.69, 9.17) is 10.3 Å². The first-order chi connectivity index (χ1) is 9.24. The number of halogens is 1. The summed E-state index contributed by atoms with van der Waals surface area (Å²) >= 11 is 2.25. The topological polar surface area (TPSA) is 64.9 Å². The monoisotopic (exact) mass is 363 g/mol. The molecule has 19 heavy (non-hydrogen) atoms. The quantitative estimate of drug-likeness (QED) is 0.558. The summed E-state index contributed by atoms with van der Waals surface area (Å²) in [5.41, 5.74) is 8.22. The lowest BCUT2D eigenvalue weighted by Crippen LogP contribution is -1.90. The molecule has 2 N–H and O–H groups in total. The molecular weight excluding hydrogens is 353 g/mol. The summed E-state index contributed by atoms with van der Waals surface area (Å²) in [7, 11) is 0. The van der Waals surface area contributed by atoms with E-state index in [0.29, 0.717) is 17.4 Å². The number of nitrogens with two attached hydrogens (primary N) is 1. The van der Waals surface area contributed by atoms with Gasteiger partial charge in [0.2, 0.25) is 5.82 Å². The Morgan fingerprint density at radius 3 is 2.68 bits per heavy atom. The maximum atomic E-state index is 5.90. The molecule has 0 radical (unpaired) electrons. The van der Waals surface area contributed by atoms with Crippen LogP contribution >= 0.6 is 22.6 Å². The second kappa shape index (κ2) is 5.00. The van der Waals surface area contributed by atoms with Crippen molar-refractivity contribution in [2.24, 2.45) is 0 Å². The molecule has 0 aliphatic rings. The van der Waals surface area contributed by atoms with Crippen LogP contribution in [-0.2, 0) is 0 Å². The van der Waals surface area contributed by atoms with Crippen molar-refractivity contribution >= 4 is 28.3 Å². The molecule has 3 rings (SSSR count). The highest BCUT2D eigenvalue weighted by Crippen LogP contribution is 2.26. The minimum absolute atomic E-state index is 0.497. The second-order valence-electron chi connectivity index (χ2n) is 4.02. The normalized spacial score (nSPS) is 10.6. The van der Waals surface area contributed by atoms with Crippen molar-refractivity contribution in [3.05, 3.63) is 52.1 Å². The molecule has 3 aromatic rings. The van der Waals surface area contributed by atoms with Crippen molar-refractivity contribution in [2.45, 2.75) is 0 Å². The summed E-state index contributed by atoms with van der Waals surface area (Å²) in [6, 6.07) is 15.4. The van der Waals surface area contributed by atoms with Crippen LogP contribution in [0.4, 0.5) is 5.69 Å². The Morgan fingerprint density at radius 2 is 1.89 bits per heavy atom. The highest BCUT2D eigenvalue weighted by Gasteiger charge is 2.12. The molecule has 4 nitrogen and oxygen atoms in total. The fraction of sp³-hybridized carbons (Fsp3) is 0. The van der Waals surface area contributed by atoms with Gasteiger partial charge in [0.05, 0.1) is 0 Å². The van der Waals surface area contributed by atoms with Crippen molar-refractivity contribution in [2.75, 3.05) is 5.73 Å². The van der Waals surface area contributed by atoms with Gasteiger partial charge in [0, 0.05) is 20.4 Å². The fourth-order valence-electron chi connectivity index (χ4n) is 1.77. The van der Waals surface area contributed by atoms with Crippen LogP contribution in [0.25, 0.3) is 22.8 Å². The fourth-order valence-corrected chi connectivity index (χ4v) is 2.32. The molecule has 0 amide bonds. The summed E-state index contributed by atoms with van der Waals surface area (Å²) in [5.74, 6) is 1.00. The smallest absolute Gasteiger partial charge is 0.258 e.